The van der Waals surface area contributed by atoms with Gasteiger partial charge in [-0.25, -0.2) is 4.79 Å². The third-order valence-electron chi connectivity index (χ3n) is 15.8. The number of esters is 2. The van der Waals surface area contributed by atoms with E-state index in [-0.39, 0.29) is 36.3 Å². The summed E-state index contributed by atoms with van der Waals surface area (Å²) in [6, 6.07) is 10.6. The van der Waals surface area contributed by atoms with Gasteiger partial charge in [-0.1, -0.05) is 102 Å². The number of aliphatic hydroxyl groups is 3. The normalized spacial score (nSPS) is 39.3. The molecule has 0 amide bonds. The molecular weight excluding hydrogens is 664 g/mol. The second-order valence-electron chi connectivity index (χ2n) is 18.9. The zero-order valence-corrected chi connectivity index (χ0v) is 32.7. The molecule has 6 aliphatic rings. The lowest BCUT2D eigenvalue weighted by molar-refractivity contribution is -0.361. The first-order valence-corrected chi connectivity index (χ1v) is 21.3. The molecule has 3 N–H and O–H groups in total. The van der Waals surface area contributed by atoms with Crippen LogP contribution in [0.5, 0.6) is 0 Å². The predicted octanol–water partition coefficient (Wildman–Crippen LogP) is 8.58. The standard InChI is InChI=1S/C46H66O7/c1-32(13-12-16-33-14-6-4-7-15-33)21-25-44(50)28-27-42(2)30-37(53-41(49)35-17-8-5-9-18-35)40-43(3,36-19-10-11-20-36)24-23-38(47)46(40,44)45(42,51)26-22-34-29-39(48)52-31-34/h4,6-7,14-15,27-29,32,35-38,40,47,50-51H,5,8-13,16-26,30-31H2,1-3H3. The van der Waals surface area contributed by atoms with Crippen molar-refractivity contribution in [2.45, 2.75) is 166 Å². The van der Waals surface area contributed by atoms with Crippen molar-refractivity contribution in [3.63, 3.8) is 0 Å². The number of fused-ring (bicyclic) bond motifs is 1. The van der Waals surface area contributed by atoms with Gasteiger partial charge in [0.25, 0.3) is 0 Å². The van der Waals surface area contributed by atoms with Crippen molar-refractivity contribution >= 4 is 11.9 Å². The van der Waals surface area contributed by atoms with Crippen LogP contribution in [0, 0.1) is 39.9 Å². The first-order valence-electron chi connectivity index (χ1n) is 21.3. The number of rotatable bonds is 13. The molecule has 53 heavy (non-hydrogen) atoms. The number of aliphatic hydroxyl groups excluding tert-OH is 1. The van der Waals surface area contributed by atoms with Crippen molar-refractivity contribution in [3.8, 4) is 0 Å². The van der Waals surface area contributed by atoms with Crippen LogP contribution in [0.25, 0.3) is 0 Å². The van der Waals surface area contributed by atoms with Crippen molar-refractivity contribution in [2.24, 2.45) is 39.9 Å². The van der Waals surface area contributed by atoms with E-state index in [9.17, 15) is 24.9 Å². The Hall–Kier alpha value is -2.48. The molecule has 292 valence electrons. The van der Waals surface area contributed by atoms with Crippen LogP contribution in [0.4, 0.5) is 0 Å². The van der Waals surface area contributed by atoms with Crippen molar-refractivity contribution < 1.29 is 34.4 Å². The average Bonchev–Trinajstić information content (AvgIpc) is 3.85. The molecule has 5 aliphatic carbocycles. The fourth-order valence-electron chi connectivity index (χ4n) is 12.9. The van der Waals surface area contributed by atoms with Crippen LogP contribution in [0.2, 0.25) is 0 Å². The molecule has 0 saturated heterocycles. The number of hydrogen-bond acceptors (Lipinski definition) is 7. The van der Waals surface area contributed by atoms with Crippen molar-refractivity contribution in [3.05, 3.63) is 59.7 Å². The second kappa shape index (κ2) is 15.2. The number of carbonyl (C=O) groups is 2. The van der Waals surface area contributed by atoms with Crippen LogP contribution in [0.3, 0.4) is 0 Å². The average molecular weight is 731 g/mol. The quantitative estimate of drug-likeness (QED) is 0.138. The van der Waals surface area contributed by atoms with Gasteiger partial charge in [0.15, 0.2) is 0 Å². The molecule has 4 fully saturated rings. The van der Waals surface area contributed by atoms with Gasteiger partial charge in [0.05, 0.1) is 28.6 Å². The molecule has 1 aliphatic heterocycles. The molecule has 0 radical (unpaired) electrons. The van der Waals surface area contributed by atoms with E-state index in [2.05, 4.69) is 38.1 Å². The molecule has 7 rings (SSSR count). The smallest absolute Gasteiger partial charge is 0.331 e. The Bertz CT molecular complexity index is 1520. The maximum Gasteiger partial charge on any atom is 0.331 e. The maximum atomic E-state index is 14.2. The summed E-state index contributed by atoms with van der Waals surface area (Å²) in [6.07, 6.45) is 19.8. The highest BCUT2D eigenvalue weighted by Crippen LogP contribution is 2.75. The fraction of sp³-hybridized carbons (Fsp3) is 0.739. The van der Waals surface area contributed by atoms with Crippen molar-refractivity contribution in [1.82, 2.24) is 0 Å². The Morgan fingerprint density at radius 3 is 2.34 bits per heavy atom. The van der Waals surface area contributed by atoms with Crippen molar-refractivity contribution in [2.75, 3.05) is 6.61 Å². The largest absolute Gasteiger partial charge is 0.462 e. The summed E-state index contributed by atoms with van der Waals surface area (Å²) in [5.41, 5.74) is -3.61. The van der Waals surface area contributed by atoms with Gasteiger partial charge in [-0.15, -0.1) is 0 Å². The lowest BCUT2D eigenvalue weighted by Gasteiger charge is -2.76. The van der Waals surface area contributed by atoms with Gasteiger partial charge >= 0.3 is 11.9 Å². The number of cyclic esters (lactones) is 1. The van der Waals surface area contributed by atoms with Gasteiger partial charge in [0, 0.05) is 17.4 Å². The molecule has 7 heteroatoms. The van der Waals surface area contributed by atoms with Crippen LogP contribution < -0.4 is 0 Å². The highest BCUT2D eigenvalue weighted by molar-refractivity contribution is 5.85. The van der Waals surface area contributed by atoms with Crippen molar-refractivity contribution in [1.29, 1.82) is 0 Å². The van der Waals surface area contributed by atoms with E-state index < -0.39 is 40.2 Å². The summed E-state index contributed by atoms with van der Waals surface area (Å²) in [4.78, 5) is 26.3. The SMILES string of the molecule is CC(CCCc1ccccc1)CCC1(O)C=CC2(C)CC(OC(=O)C3CCCCC3)C3C(C)(C4CCCC4)CCC(O)C31C2(O)CCC1=CC(=O)OC1. The molecule has 9 atom stereocenters. The summed E-state index contributed by atoms with van der Waals surface area (Å²) in [7, 11) is 0. The minimum absolute atomic E-state index is 0.127. The highest BCUT2D eigenvalue weighted by Gasteiger charge is 2.81. The molecule has 1 aromatic rings. The summed E-state index contributed by atoms with van der Waals surface area (Å²) in [6.45, 7) is 6.84. The second-order valence-corrected chi connectivity index (χ2v) is 18.9. The van der Waals surface area contributed by atoms with Crippen LogP contribution >= 0.6 is 0 Å². The van der Waals surface area contributed by atoms with Gasteiger partial charge in [0.1, 0.15) is 12.7 Å². The predicted molar refractivity (Wildman–Crippen MR) is 206 cm³/mol. The van der Waals surface area contributed by atoms with E-state index in [1.807, 2.05) is 25.1 Å². The first-order chi connectivity index (χ1) is 25.4. The molecular formula is C46H66O7. The molecule has 7 nitrogen and oxygen atoms in total. The van der Waals surface area contributed by atoms with E-state index in [0.717, 1.165) is 95.5 Å². The van der Waals surface area contributed by atoms with E-state index in [4.69, 9.17) is 9.47 Å². The molecule has 1 heterocycles. The summed E-state index contributed by atoms with van der Waals surface area (Å²) < 4.78 is 12.1. The van der Waals surface area contributed by atoms with Crippen LogP contribution in [-0.2, 0) is 25.5 Å². The van der Waals surface area contributed by atoms with Gasteiger partial charge in [0.2, 0.25) is 0 Å². The minimum atomic E-state index is -1.55. The van der Waals surface area contributed by atoms with E-state index in [1.165, 1.54) is 11.6 Å². The Morgan fingerprint density at radius 2 is 1.64 bits per heavy atom. The monoisotopic (exact) mass is 730 g/mol. The topological polar surface area (TPSA) is 113 Å². The summed E-state index contributed by atoms with van der Waals surface area (Å²) >= 11 is 0. The Morgan fingerprint density at radius 1 is 0.925 bits per heavy atom. The molecule has 2 bridgehead atoms. The molecule has 9 unspecified atom stereocenters. The Balaban J connectivity index is 1.29. The van der Waals surface area contributed by atoms with E-state index >= 15 is 0 Å². The van der Waals surface area contributed by atoms with Gasteiger partial charge in [-0.2, -0.15) is 0 Å². The number of benzene rings is 1. The van der Waals surface area contributed by atoms with E-state index in [1.54, 1.807) is 0 Å². The third-order valence-corrected chi connectivity index (χ3v) is 15.8. The summed E-state index contributed by atoms with van der Waals surface area (Å²) in [5.74, 6) is -0.417. The number of carbonyl (C=O) groups excluding carboxylic acids is 2. The lowest BCUT2D eigenvalue weighted by Crippen LogP contribution is -2.83. The summed E-state index contributed by atoms with van der Waals surface area (Å²) in [5, 5.41) is 40.3. The molecule has 1 spiro atoms. The number of hydrogen-bond donors (Lipinski definition) is 3. The van der Waals surface area contributed by atoms with Crippen LogP contribution in [-0.4, -0.2) is 57.3 Å². The number of aryl methyl sites for hydroxylation is 1. The number of ether oxygens (including phenoxy) is 2. The van der Waals surface area contributed by atoms with Crippen LogP contribution in [0.15, 0.2) is 54.1 Å². The zero-order chi connectivity index (χ0) is 37.5. The molecule has 1 aromatic carbocycles. The minimum Gasteiger partial charge on any atom is -0.462 e. The highest BCUT2D eigenvalue weighted by atomic mass is 16.5. The van der Waals surface area contributed by atoms with E-state index in [0.29, 0.717) is 37.5 Å². The Labute approximate surface area is 318 Å². The molecule has 0 aromatic heterocycles. The van der Waals surface area contributed by atoms with Crippen LogP contribution in [0.1, 0.15) is 142 Å². The Kier molecular flexibility index (Phi) is 11.1. The third kappa shape index (κ3) is 6.77. The van der Waals surface area contributed by atoms with Gasteiger partial charge in [-0.05, 0) is 112 Å². The van der Waals surface area contributed by atoms with Gasteiger partial charge < -0.3 is 24.8 Å². The maximum absolute atomic E-state index is 14.2. The van der Waals surface area contributed by atoms with Gasteiger partial charge in [-0.3, -0.25) is 4.79 Å². The first kappa shape index (κ1) is 38.8. The lowest BCUT2D eigenvalue weighted by atomic mass is 9.31. The molecule has 4 saturated carbocycles. The zero-order valence-electron chi connectivity index (χ0n) is 32.7. The fourth-order valence-corrected chi connectivity index (χ4v) is 12.9.